The molecule has 1 aliphatic rings. The molecule has 0 aliphatic heterocycles. The van der Waals surface area contributed by atoms with Crippen molar-refractivity contribution in [2.24, 2.45) is 5.92 Å². The molecule has 0 aromatic heterocycles. The minimum absolute atomic E-state index is 0.0549. The zero-order chi connectivity index (χ0) is 15.1. The summed E-state index contributed by atoms with van der Waals surface area (Å²) in [6.45, 7) is 5.33. The summed E-state index contributed by atoms with van der Waals surface area (Å²) < 4.78 is 5.01. The van der Waals surface area contributed by atoms with Gasteiger partial charge < -0.3 is 15.2 Å². The van der Waals surface area contributed by atoms with Crippen LogP contribution in [0.2, 0.25) is 0 Å². The lowest BCUT2D eigenvalue weighted by Crippen LogP contribution is -2.54. The minimum Gasteiger partial charge on any atom is -0.480 e. The Hall–Kier alpha value is -1.14. The zero-order valence-electron chi connectivity index (χ0n) is 12.6. The van der Waals surface area contributed by atoms with E-state index in [1.807, 2.05) is 18.7 Å². The third-order valence-corrected chi connectivity index (χ3v) is 3.72. The second kappa shape index (κ2) is 8.21. The Bertz CT molecular complexity index is 329. The number of carboxylic acids is 1. The fraction of sp³-hybridized carbons (Fsp3) is 0.857. The lowest BCUT2D eigenvalue weighted by molar-refractivity contribution is -0.139. The number of carboxylic acid groups (broad SMARTS) is 1. The summed E-state index contributed by atoms with van der Waals surface area (Å²) in [5.74, 6) is -0.526. The summed E-state index contributed by atoms with van der Waals surface area (Å²) in [7, 11) is 1.63. The number of methoxy groups -OCH3 is 1. The quantitative estimate of drug-likeness (QED) is 0.653. The van der Waals surface area contributed by atoms with E-state index in [9.17, 15) is 9.59 Å². The monoisotopic (exact) mass is 286 g/mol. The highest BCUT2D eigenvalue weighted by molar-refractivity contribution is 5.76. The molecule has 0 aromatic rings. The fourth-order valence-corrected chi connectivity index (χ4v) is 2.62. The number of hydrogen-bond acceptors (Lipinski definition) is 4. The van der Waals surface area contributed by atoms with E-state index in [0.717, 1.165) is 19.4 Å². The lowest BCUT2D eigenvalue weighted by atomic mass is 9.85. The first-order valence-corrected chi connectivity index (χ1v) is 7.20. The van der Waals surface area contributed by atoms with Crippen molar-refractivity contribution < 1.29 is 19.4 Å². The molecular formula is C14H26N2O4. The van der Waals surface area contributed by atoms with Crippen LogP contribution in [0.5, 0.6) is 0 Å². The van der Waals surface area contributed by atoms with Gasteiger partial charge in [0.2, 0.25) is 5.91 Å². The van der Waals surface area contributed by atoms with Gasteiger partial charge in [-0.25, -0.2) is 0 Å². The lowest BCUT2D eigenvalue weighted by Gasteiger charge is -2.42. The van der Waals surface area contributed by atoms with Crippen LogP contribution in [-0.4, -0.2) is 60.8 Å². The molecule has 1 fully saturated rings. The van der Waals surface area contributed by atoms with Crippen LogP contribution in [0.3, 0.4) is 0 Å². The molecule has 20 heavy (non-hydrogen) atoms. The summed E-state index contributed by atoms with van der Waals surface area (Å²) in [5, 5.41) is 11.8. The predicted octanol–water partition coefficient (Wildman–Crippen LogP) is 0.713. The van der Waals surface area contributed by atoms with E-state index in [2.05, 4.69) is 5.32 Å². The molecule has 0 heterocycles. The van der Waals surface area contributed by atoms with E-state index in [4.69, 9.17) is 9.84 Å². The number of nitrogens with one attached hydrogen (secondary N) is 1. The van der Waals surface area contributed by atoms with Gasteiger partial charge in [-0.1, -0.05) is 13.8 Å². The van der Waals surface area contributed by atoms with Crippen molar-refractivity contribution in [1.82, 2.24) is 10.2 Å². The number of nitrogens with zero attached hydrogens (tertiary/aromatic N) is 1. The Morgan fingerprint density at radius 3 is 2.60 bits per heavy atom. The van der Waals surface area contributed by atoms with Crippen LogP contribution in [0.4, 0.5) is 0 Å². The smallest absolute Gasteiger partial charge is 0.317 e. The Kier molecular flexibility index (Phi) is 6.95. The highest BCUT2D eigenvalue weighted by Gasteiger charge is 2.34. The fourth-order valence-electron chi connectivity index (χ4n) is 2.62. The molecule has 1 atom stereocenters. The summed E-state index contributed by atoms with van der Waals surface area (Å²) >= 11 is 0. The van der Waals surface area contributed by atoms with Gasteiger partial charge in [0.25, 0.3) is 0 Å². The van der Waals surface area contributed by atoms with Gasteiger partial charge in [-0.05, 0) is 25.3 Å². The second-order valence-electron chi connectivity index (χ2n) is 5.61. The Morgan fingerprint density at radius 1 is 1.45 bits per heavy atom. The number of likely N-dealkylation sites (N-methyl/N-ethyl adjacent to an activating group) is 1. The summed E-state index contributed by atoms with van der Waals surface area (Å²) in [6.07, 6.45) is 2.15. The number of aliphatic carboxylic acids is 1. The van der Waals surface area contributed by atoms with E-state index in [-0.39, 0.29) is 30.5 Å². The predicted molar refractivity (Wildman–Crippen MR) is 75.5 cm³/mol. The van der Waals surface area contributed by atoms with Crippen molar-refractivity contribution in [3.8, 4) is 0 Å². The van der Waals surface area contributed by atoms with Gasteiger partial charge in [0, 0.05) is 32.2 Å². The molecular weight excluding hydrogens is 260 g/mol. The van der Waals surface area contributed by atoms with Crippen molar-refractivity contribution in [3.05, 3.63) is 0 Å². The first-order chi connectivity index (χ1) is 9.46. The highest BCUT2D eigenvalue weighted by Crippen LogP contribution is 2.25. The Labute approximate surface area is 120 Å². The van der Waals surface area contributed by atoms with E-state index < -0.39 is 5.97 Å². The molecule has 1 aliphatic carbocycles. The highest BCUT2D eigenvalue weighted by atomic mass is 16.5. The molecule has 6 heteroatoms. The molecule has 6 nitrogen and oxygen atoms in total. The normalized spacial score (nSPS) is 23.2. The molecule has 0 saturated heterocycles. The van der Waals surface area contributed by atoms with Crippen molar-refractivity contribution in [1.29, 1.82) is 0 Å². The number of rotatable bonds is 9. The second-order valence-corrected chi connectivity index (χ2v) is 5.61. The largest absolute Gasteiger partial charge is 0.480 e. The first kappa shape index (κ1) is 16.9. The maximum Gasteiger partial charge on any atom is 0.317 e. The van der Waals surface area contributed by atoms with Gasteiger partial charge in [0.05, 0.1) is 6.54 Å². The minimum atomic E-state index is -0.798. The molecule has 1 amide bonds. The third kappa shape index (κ3) is 5.46. The number of ether oxygens (including phenoxy) is 1. The van der Waals surface area contributed by atoms with Crippen LogP contribution in [0, 0.1) is 5.92 Å². The van der Waals surface area contributed by atoms with E-state index >= 15 is 0 Å². The topological polar surface area (TPSA) is 78.9 Å². The van der Waals surface area contributed by atoms with Crippen molar-refractivity contribution in [2.45, 2.75) is 45.2 Å². The molecule has 2 N–H and O–H groups in total. The van der Waals surface area contributed by atoms with Gasteiger partial charge >= 0.3 is 5.97 Å². The maximum atomic E-state index is 11.8. The number of amides is 1. The molecule has 0 bridgehead atoms. The molecule has 0 spiro atoms. The number of hydrogen-bond donors (Lipinski definition) is 2. The van der Waals surface area contributed by atoms with Crippen LogP contribution in [-0.2, 0) is 14.3 Å². The van der Waals surface area contributed by atoms with E-state index in [1.165, 1.54) is 0 Å². The van der Waals surface area contributed by atoms with Crippen molar-refractivity contribution in [3.63, 3.8) is 0 Å². The summed E-state index contributed by atoms with van der Waals surface area (Å²) in [6, 6.07) is 0.461. The SMILES string of the molecule is CCN(CC(=O)O)C1CC(NC(=O)CC(C)COC)C1. The van der Waals surface area contributed by atoms with Gasteiger partial charge in [0.1, 0.15) is 0 Å². The first-order valence-electron chi connectivity index (χ1n) is 7.20. The van der Waals surface area contributed by atoms with Crippen LogP contribution >= 0.6 is 0 Å². The molecule has 116 valence electrons. The van der Waals surface area contributed by atoms with Crippen LogP contribution in [0.25, 0.3) is 0 Å². The molecule has 1 rings (SSSR count). The van der Waals surface area contributed by atoms with Gasteiger partial charge in [0.15, 0.2) is 0 Å². The van der Waals surface area contributed by atoms with E-state index in [1.54, 1.807) is 7.11 Å². The third-order valence-electron chi connectivity index (χ3n) is 3.72. The number of carbonyl (C=O) groups is 2. The molecule has 1 unspecified atom stereocenters. The number of carbonyl (C=O) groups excluding carboxylic acids is 1. The molecule has 0 radical (unpaired) electrons. The average molecular weight is 286 g/mol. The Morgan fingerprint density at radius 2 is 2.10 bits per heavy atom. The maximum absolute atomic E-state index is 11.8. The van der Waals surface area contributed by atoms with Crippen LogP contribution in [0.15, 0.2) is 0 Å². The van der Waals surface area contributed by atoms with Gasteiger partial charge in [-0.15, -0.1) is 0 Å². The average Bonchev–Trinajstić information content (AvgIpc) is 2.30. The van der Waals surface area contributed by atoms with Crippen molar-refractivity contribution in [2.75, 3.05) is 26.8 Å². The zero-order valence-corrected chi connectivity index (χ0v) is 12.6. The van der Waals surface area contributed by atoms with Crippen molar-refractivity contribution >= 4 is 11.9 Å². The van der Waals surface area contributed by atoms with E-state index in [0.29, 0.717) is 13.0 Å². The van der Waals surface area contributed by atoms with Crippen LogP contribution < -0.4 is 5.32 Å². The summed E-state index contributed by atoms with van der Waals surface area (Å²) in [4.78, 5) is 24.5. The standard InChI is InChI=1S/C14H26N2O4/c1-4-16(8-14(18)19)12-6-11(7-12)15-13(17)5-10(2)9-20-3/h10-12H,4-9H2,1-3H3,(H,15,17)(H,18,19). The van der Waals surface area contributed by atoms with Gasteiger partial charge in [-0.2, -0.15) is 0 Å². The van der Waals surface area contributed by atoms with Gasteiger partial charge in [-0.3, -0.25) is 14.5 Å². The summed E-state index contributed by atoms with van der Waals surface area (Å²) in [5.41, 5.74) is 0. The molecule has 1 saturated carbocycles. The molecule has 0 aromatic carbocycles. The Balaban J connectivity index is 2.23. The van der Waals surface area contributed by atoms with Crippen LogP contribution in [0.1, 0.15) is 33.1 Å².